The van der Waals surface area contributed by atoms with E-state index in [9.17, 15) is 34.2 Å². The topological polar surface area (TPSA) is 176 Å². The molecule has 1 aromatic carbocycles. The first-order valence-electron chi connectivity index (χ1n) is 13.4. The molecule has 3 amide bonds. The van der Waals surface area contributed by atoms with E-state index in [1.54, 1.807) is 6.92 Å². The van der Waals surface area contributed by atoms with E-state index in [1.807, 2.05) is 0 Å². The van der Waals surface area contributed by atoms with Gasteiger partial charge >= 0.3 is 18.0 Å². The molecule has 4 rings (SSSR count). The van der Waals surface area contributed by atoms with E-state index in [4.69, 9.17) is 32.7 Å². The minimum Gasteiger partial charge on any atom is -0.481 e. The number of aliphatic carboxylic acids is 2. The Balaban J connectivity index is 1.59. The molecule has 226 valence electrons. The summed E-state index contributed by atoms with van der Waals surface area (Å²) in [7, 11) is 0. The van der Waals surface area contributed by atoms with Crippen LogP contribution < -0.4 is 10.1 Å². The molecule has 2 aromatic rings. The number of ether oxygens (including phenoxy) is 2. The normalized spacial score (nSPS) is 16.7. The van der Waals surface area contributed by atoms with Crippen molar-refractivity contribution in [1.82, 2.24) is 20.1 Å². The van der Waals surface area contributed by atoms with Gasteiger partial charge in [-0.3, -0.25) is 14.4 Å². The highest BCUT2D eigenvalue weighted by atomic mass is 35.5. The SMILES string of the molecule is CCOC(=O)N1CCN(C(=O)C(CCC(=O)O)NC(=O)c2cc(OC3(C(=O)O)CCC3)c3cc(Cl)c(Cl)cc3n2)CC1. The van der Waals surface area contributed by atoms with E-state index < -0.39 is 47.9 Å². The molecule has 1 aromatic heterocycles. The molecule has 0 spiro atoms. The molecule has 1 aliphatic carbocycles. The minimum absolute atomic E-state index is 0.0503. The highest BCUT2D eigenvalue weighted by Gasteiger charge is 2.47. The van der Waals surface area contributed by atoms with Gasteiger partial charge in [0.2, 0.25) is 11.5 Å². The molecule has 15 heteroatoms. The Labute approximate surface area is 250 Å². The van der Waals surface area contributed by atoms with Crippen molar-refractivity contribution in [2.24, 2.45) is 0 Å². The number of carboxylic acids is 2. The first-order valence-corrected chi connectivity index (χ1v) is 14.1. The summed E-state index contributed by atoms with van der Waals surface area (Å²) in [5.74, 6) is -3.57. The number of pyridine rings is 1. The van der Waals surface area contributed by atoms with Gasteiger partial charge in [-0.05, 0) is 44.7 Å². The molecular formula is C27H30Cl2N4O9. The van der Waals surface area contributed by atoms with Crippen LogP contribution in [0.2, 0.25) is 10.0 Å². The summed E-state index contributed by atoms with van der Waals surface area (Å²) in [6.45, 7) is 2.67. The summed E-state index contributed by atoms with van der Waals surface area (Å²) >= 11 is 12.4. The fraction of sp³-hybridized carbons (Fsp3) is 0.481. The third kappa shape index (κ3) is 6.79. The number of hydrogen-bond acceptors (Lipinski definition) is 8. The van der Waals surface area contributed by atoms with Crippen LogP contribution in [0.15, 0.2) is 18.2 Å². The first-order chi connectivity index (χ1) is 19.9. The maximum absolute atomic E-state index is 13.4. The van der Waals surface area contributed by atoms with Crippen molar-refractivity contribution >= 4 is 64.0 Å². The Hall–Kier alpha value is -3.84. The molecule has 13 nitrogen and oxygen atoms in total. The Bertz CT molecular complexity index is 1410. The van der Waals surface area contributed by atoms with E-state index in [-0.39, 0.29) is 79.1 Å². The zero-order chi connectivity index (χ0) is 30.6. The molecule has 2 heterocycles. The molecule has 0 radical (unpaired) electrons. The van der Waals surface area contributed by atoms with Crippen LogP contribution in [-0.4, -0.2) is 99.3 Å². The van der Waals surface area contributed by atoms with Crippen LogP contribution >= 0.6 is 23.2 Å². The van der Waals surface area contributed by atoms with Gasteiger partial charge in [-0.1, -0.05) is 23.2 Å². The van der Waals surface area contributed by atoms with Crippen LogP contribution in [0.1, 0.15) is 49.5 Å². The fourth-order valence-corrected chi connectivity index (χ4v) is 5.08. The lowest BCUT2D eigenvalue weighted by Gasteiger charge is -2.38. The number of piperazine rings is 1. The smallest absolute Gasteiger partial charge is 0.409 e. The van der Waals surface area contributed by atoms with Crippen molar-refractivity contribution in [3.63, 3.8) is 0 Å². The van der Waals surface area contributed by atoms with Crippen LogP contribution in [0.4, 0.5) is 4.79 Å². The summed E-state index contributed by atoms with van der Waals surface area (Å²) < 4.78 is 11.0. The number of carbonyl (C=O) groups excluding carboxylic acids is 3. The Morgan fingerprint density at radius 3 is 2.24 bits per heavy atom. The maximum Gasteiger partial charge on any atom is 0.409 e. The molecule has 1 saturated heterocycles. The summed E-state index contributed by atoms with van der Waals surface area (Å²) in [4.78, 5) is 69.4. The summed E-state index contributed by atoms with van der Waals surface area (Å²) in [6.07, 6.45) is 0.103. The zero-order valence-electron chi connectivity index (χ0n) is 22.7. The van der Waals surface area contributed by atoms with Crippen LogP contribution in [0, 0.1) is 0 Å². The number of rotatable bonds is 10. The van der Waals surface area contributed by atoms with E-state index in [0.717, 1.165) is 0 Å². The number of halogens is 2. The van der Waals surface area contributed by atoms with Gasteiger partial charge in [0.25, 0.3) is 5.91 Å². The van der Waals surface area contributed by atoms with Crippen molar-refractivity contribution in [2.75, 3.05) is 32.8 Å². The van der Waals surface area contributed by atoms with E-state index in [0.29, 0.717) is 11.8 Å². The molecule has 1 saturated carbocycles. The zero-order valence-corrected chi connectivity index (χ0v) is 24.2. The first kappa shape index (κ1) is 31.1. The number of carboxylic acid groups (broad SMARTS) is 2. The van der Waals surface area contributed by atoms with Crippen LogP contribution in [0.25, 0.3) is 10.9 Å². The van der Waals surface area contributed by atoms with Gasteiger partial charge in [-0.25, -0.2) is 14.6 Å². The molecule has 3 N–H and O–H groups in total. The minimum atomic E-state index is -1.47. The summed E-state index contributed by atoms with van der Waals surface area (Å²) in [5.41, 5.74) is -1.47. The number of nitrogens with zero attached hydrogens (tertiary/aromatic N) is 3. The second-order valence-corrected chi connectivity index (χ2v) is 10.8. The second-order valence-electron chi connectivity index (χ2n) is 10.0. The van der Waals surface area contributed by atoms with Crippen molar-refractivity contribution in [1.29, 1.82) is 0 Å². The van der Waals surface area contributed by atoms with Crippen LogP contribution in [-0.2, 0) is 19.1 Å². The van der Waals surface area contributed by atoms with Gasteiger partial charge in [0, 0.05) is 44.1 Å². The number of fused-ring (bicyclic) bond motifs is 1. The van der Waals surface area contributed by atoms with Gasteiger partial charge < -0.3 is 34.8 Å². The van der Waals surface area contributed by atoms with Gasteiger partial charge in [0.15, 0.2) is 0 Å². The summed E-state index contributed by atoms with van der Waals surface area (Å²) in [6, 6.07) is 2.93. The monoisotopic (exact) mass is 624 g/mol. The number of aromatic nitrogens is 1. The largest absolute Gasteiger partial charge is 0.481 e. The molecular weight excluding hydrogens is 595 g/mol. The number of hydrogen-bond donors (Lipinski definition) is 3. The van der Waals surface area contributed by atoms with E-state index in [2.05, 4.69) is 10.3 Å². The lowest BCUT2D eigenvalue weighted by atomic mass is 9.80. The summed E-state index contributed by atoms with van der Waals surface area (Å²) in [5, 5.41) is 22.3. The molecule has 2 fully saturated rings. The predicted molar refractivity (Wildman–Crippen MR) is 150 cm³/mol. The predicted octanol–water partition coefficient (Wildman–Crippen LogP) is 3.19. The standard InChI is InChI=1S/C27H30Cl2N4O9/c1-2-41-26(40)33-10-8-32(9-11-33)24(37)18(4-5-22(34)35)31-23(36)20-14-21(42-27(25(38)39)6-3-7-27)15-12-16(28)17(29)13-19(15)30-20/h12-14,18H,2-11H2,1H3,(H,31,36)(H,34,35)(H,38,39). The Kier molecular flexibility index (Phi) is 9.62. The average molecular weight is 625 g/mol. The van der Waals surface area contributed by atoms with Gasteiger partial charge in [0.1, 0.15) is 17.5 Å². The average Bonchev–Trinajstić information content (AvgIpc) is 2.93. The number of carbonyl (C=O) groups is 5. The van der Waals surface area contributed by atoms with Crippen molar-refractivity contribution in [3.05, 3.63) is 33.9 Å². The van der Waals surface area contributed by atoms with E-state index in [1.165, 1.54) is 28.0 Å². The number of amides is 3. The highest BCUT2D eigenvalue weighted by molar-refractivity contribution is 6.42. The van der Waals surface area contributed by atoms with Crippen molar-refractivity contribution in [3.8, 4) is 5.75 Å². The Morgan fingerprint density at radius 1 is 1.02 bits per heavy atom. The molecule has 1 aliphatic heterocycles. The fourth-order valence-electron chi connectivity index (χ4n) is 4.76. The highest BCUT2D eigenvalue weighted by Crippen LogP contribution is 2.40. The number of benzene rings is 1. The maximum atomic E-state index is 13.4. The lowest BCUT2D eigenvalue weighted by Crippen LogP contribution is -2.56. The quantitative estimate of drug-likeness (QED) is 0.356. The van der Waals surface area contributed by atoms with Gasteiger partial charge in [-0.15, -0.1) is 0 Å². The van der Waals surface area contributed by atoms with Crippen LogP contribution in [0.3, 0.4) is 0 Å². The second kappa shape index (κ2) is 13.0. The third-order valence-corrected chi connectivity index (χ3v) is 7.99. The molecule has 42 heavy (non-hydrogen) atoms. The van der Waals surface area contributed by atoms with Gasteiger partial charge in [-0.2, -0.15) is 0 Å². The molecule has 0 bridgehead atoms. The number of nitrogens with one attached hydrogen (secondary N) is 1. The third-order valence-electron chi connectivity index (χ3n) is 7.27. The Morgan fingerprint density at radius 2 is 1.67 bits per heavy atom. The van der Waals surface area contributed by atoms with Crippen molar-refractivity contribution in [2.45, 2.75) is 50.7 Å². The van der Waals surface area contributed by atoms with Gasteiger partial charge in [0.05, 0.1) is 22.2 Å². The van der Waals surface area contributed by atoms with Crippen LogP contribution in [0.5, 0.6) is 5.75 Å². The lowest BCUT2D eigenvalue weighted by molar-refractivity contribution is -0.163. The molecule has 1 unspecified atom stereocenters. The molecule has 1 atom stereocenters. The molecule has 2 aliphatic rings. The van der Waals surface area contributed by atoms with Crippen molar-refractivity contribution < 1.29 is 43.7 Å². The van der Waals surface area contributed by atoms with E-state index >= 15 is 0 Å².